The molecule has 0 saturated carbocycles. The van der Waals surface area contributed by atoms with Crippen LogP contribution in [0.15, 0.2) is 5.38 Å². The van der Waals surface area contributed by atoms with E-state index < -0.39 is 0 Å². The highest BCUT2D eigenvalue weighted by Crippen LogP contribution is 2.25. The summed E-state index contributed by atoms with van der Waals surface area (Å²) in [6.07, 6.45) is 1.15. The summed E-state index contributed by atoms with van der Waals surface area (Å²) < 4.78 is 0. The summed E-state index contributed by atoms with van der Waals surface area (Å²) in [6.45, 7) is 6.48. The third kappa shape index (κ3) is 2.51. The summed E-state index contributed by atoms with van der Waals surface area (Å²) in [5.41, 5.74) is 1.14. The van der Waals surface area contributed by atoms with Crippen molar-refractivity contribution < 1.29 is 0 Å². The SMILES string of the molecule is CCC(c1nc(C)cs1)C(C)NC. The number of aromatic nitrogens is 1. The lowest BCUT2D eigenvalue weighted by Gasteiger charge is -2.19. The molecule has 0 aliphatic heterocycles. The van der Waals surface area contributed by atoms with Crippen molar-refractivity contribution >= 4 is 11.3 Å². The second-order valence-corrected chi connectivity index (χ2v) is 4.31. The van der Waals surface area contributed by atoms with E-state index in [4.69, 9.17) is 0 Å². The Labute approximate surface area is 84.4 Å². The van der Waals surface area contributed by atoms with Crippen LogP contribution in [0.4, 0.5) is 0 Å². The fourth-order valence-corrected chi connectivity index (χ4v) is 2.57. The topological polar surface area (TPSA) is 24.9 Å². The highest BCUT2D eigenvalue weighted by molar-refractivity contribution is 7.09. The lowest BCUT2D eigenvalue weighted by Crippen LogP contribution is -2.28. The normalized spacial score (nSPS) is 15.7. The van der Waals surface area contributed by atoms with Crippen molar-refractivity contribution in [3.8, 4) is 0 Å². The van der Waals surface area contributed by atoms with E-state index in [1.807, 2.05) is 7.05 Å². The summed E-state index contributed by atoms with van der Waals surface area (Å²) in [6, 6.07) is 0.510. The number of rotatable bonds is 4. The van der Waals surface area contributed by atoms with Crippen LogP contribution in [0, 0.1) is 6.92 Å². The molecule has 2 nitrogen and oxygen atoms in total. The third-order valence-corrected chi connectivity index (χ3v) is 3.55. The van der Waals surface area contributed by atoms with E-state index in [0.29, 0.717) is 12.0 Å². The summed E-state index contributed by atoms with van der Waals surface area (Å²) >= 11 is 1.77. The zero-order chi connectivity index (χ0) is 9.84. The van der Waals surface area contributed by atoms with Crippen LogP contribution in [0.2, 0.25) is 0 Å². The average Bonchev–Trinajstić information content (AvgIpc) is 2.53. The second kappa shape index (κ2) is 4.72. The van der Waals surface area contributed by atoms with Gasteiger partial charge in [-0.3, -0.25) is 0 Å². The Kier molecular flexibility index (Phi) is 3.88. The zero-order valence-corrected chi connectivity index (χ0v) is 9.61. The highest BCUT2D eigenvalue weighted by atomic mass is 32.1. The lowest BCUT2D eigenvalue weighted by atomic mass is 9.99. The maximum Gasteiger partial charge on any atom is 0.0974 e. The summed E-state index contributed by atoms with van der Waals surface area (Å²) in [7, 11) is 2.01. The largest absolute Gasteiger partial charge is 0.317 e. The minimum absolute atomic E-state index is 0.510. The van der Waals surface area contributed by atoms with E-state index in [1.54, 1.807) is 11.3 Å². The molecule has 0 spiro atoms. The van der Waals surface area contributed by atoms with Crippen molar-refractivity contribution in [1.82, 2.24) is 10.3 Å². The van der Waals surface area contributed by atoms with Gasteiger partial charge < -0.3 is 5.32 Å². The molecule has 1 N–H and O–H groups in total. The quantitative estimate of drug-likeness (QED) is 0.804. The van der Waals surface area contributed by atoms with Gasteiger partial charge in [0.25, 0.3) is 0 Å². The average molecular weight is 198 g/mol. The van der Waals surface area contributed by atoms with Gasteiger partial charge in [0.1, 0.15) is 0 Å². The number of nitrogens with zero attached hydrogens (tertiary/aromatic N) is 1. The molecule has 3 heteroatoms. The Bertz CT molecular complexity index is 257. The molecular formula is C10H18N2S. The summed E-state index contributed by atoms with van der Waals surface area (Å²) in [4.78, 5) is 4.53. The van der Waals surface area contributed by atoms with Crippen LogP contribution in [0.3, 0.4) is 0 Å². The number of hydrogen-bond donors (Lipinski definition) is 1. The van der Waals surface area contributed by atoms with Gasteiger partial charge in [-0.15, -0.1) is 11.3 Å². The van der Waals surface area contributed by atoms with Gasteiger partial charge in [-0.05, 0) is 27.3 Å². The molecule has 0 aliphatic rings. The predicted molar refractivity (Wildman–Crippen MR) is 58.4 cm³/mol. The molecule has 0 saturated heterocycles. The molecule has 1 aromatic rings. The van der Waals surface area contributed by atoms with Crippen LogP contribution in [-0.2, 0) is 0 Å². The van der Waals surface area contributed by atoms with E-state index in [1.165, 1.54) is 5.01 Å². The number of nitrogens with one attached hydrogen (secondary N) is 1. The molecule has 0 bridgehead atoms. The molecular weight excluding hydrogens is 180 g/mol. The molecule has 0 fully saturated rings. The number of aryl methyl sites for hydroxylation is 1. The molecule has 1 aromatic heterocycles. The van der Waals surface area contributed by atoms with E-state index in [2.05, 4.69) is 36.5 Å². The maximum absolute atomic E-state index is 4.53. The Hall–Kier alpha value is -0.410. The van der Waals surface area contributed by atoms with Crippen molar-refractivity contribution in [3.05, 3.63) is 16.1 Å². The van der Waals surface area contributed by atoms with E-state index in [0.717, 1.165) is 12.1 Å². The Morgan fingerprint density at radius 1 is 1.62 bits per heavy atom. The van der Waals surface area contributed by atoms with Crippen LogP contribution >= 0.6 is 11.3 Å². The number of thiazole rings is 1. The van der Waals surface area contributed by atoms with Crippen molar-refractivity contribution in [1.29, 1.82) is 0 Å². The lowest BCUT2D eigenvalue weighted by molar-refractivity contribution is 0.481. The first-order chi connectivity index (χ1) is 6.19. The summed E-state index contributed by atoms with van der Waals surface area (Å²) in [5, 5.41) is 6.68. The molecule has 74 valence electrons. The van der Waals surface area contributed by atoms with Gasteiger partial charge in [0, 0.05) is 23.0 Å². The Morgan fingerprint density at radius 3 is 2.69 bits per heavy atom. The minimum atomic E-state index is 0.510. The van der Waals surface area contributed by atoms with E-state index >= 15 is 0 Å². The second-order valence-electron chi connectivity index (χ2n) is 3.42. The van der Waals surface area contributed by atoms with Gasteiger partial charge in [-0.1, -0.05) is 6.92 Å². The van der Waals surface area contributed by atoms with Crippen molar-refractivity contribution in [2.75, 3.05) is 7.05 Å². The Balaban J connectivity index is 2.77. The van der Waals surface area contributed by atoms with Crippen LogP contribution < -0.4 is 5.32 Å². The zero-order valence-electron chi connectivity index (χ0n) is 8.79. The highest BCUT2D eigenvalue weighted by Gasteiger charge is 2.18. The Morgan fingerprint density at radius 2 is 2.31 bits per heavy atom. The molecule has 0 aromatic carbocycles. The van der Waals surface area contributed by atoms with Gasteiger partial charge in [0.2, 0.25) is 0 Å². The minimum Gasteiger partial charge on any atom is -0.317 e. The summed E-state index contributed by atoms with van der Waals surface area (Å²) in [5.74, 6) is 0.559. The van der Waals surface area contributed by atoms with Gasteiger partial charge >= 0.3 is 0 Å². The molecule has 2 atom stereocenters. The first-order valence-electron chi connectivity index (χ1n) is 4.78. The van der Waals surface area contributed by atoms with E-state index in [-0.39, 0.29) is 0 Å². The number of likely N-dealkylation sites (N-methyl/N-ethyl adjacent to an activating group) is 1. The predicted octanol–water partition coefficient (Wildman–Crippen LogP) is 2.55. The van der Waals surface area contributed by atoms with Crippen LogP contribution in [0.25, 0.3) is 0 Å². The fourth-order valence-electron chi connectivity index (χ4n) is 1.49. The van der Waals surface area contributed by atoms with E-state index in [9.17, 15) is 0 Å². The van der Waals surface area contributed by atoms with Crippen LogP contribution in [0.5, 0.6) is 0 Å². The maximum atomic E-state index is 4.53. The third-order valence-electron chi connectivity index (χ3n) is 2.45. The molecule has 13 heavy (non-hydrogen) atoms. The molecule has 0 aliphatic carbocycles. The monoisotopic (exact) mass is 198 g/mol. The van der Waals surface area contributed by atoms with Crippen LogP contribution in [0.1, 0.15) is 36.9 Å². The smallest absolute Gasteiger partial charge is 0.0974 e. The molecule has 1 rings (SSSR count). The van der Waals surface area contributed by atoms with Gasteiger partial charge in [0.05, 0.1) is 5.01 Å². The van der Waals surface area contributed by atoms with Crippen molar-refractivity contribution in [2.24, 2.45) is 0 Å². The molecule has 1 heterocycles. The van der Waals surface area contributed by atoms with Gasteiger partial charge in [0.15, 0.2) is 0 Å². The fraction of sp³-hybridized carbons (Fsp3) is 0.700. The van der Waals surface area contributed by atoms with Gasteiger partial charge in [-0.25, -0.2) is 4.98 Å². The molecule has 0 amide bonds. The first-order valence-corrected chi connectivity index (χ1v) is 5.66. The standard InChI is InChI=1S/C10H18N2S/c1-5-9(8(3)11-4)10-12-7(2)6-13-10/h6,8-9,11H,5H2,1-4H3. The molecule has 2 unspecified atom stereocenters. The van der Waals surface area contributed by atoms with Crippen molar-refractivity contribution in [2.45, 2.75) is 39.2 Å². The van der Waals surface area contributed by atoms with Crippen LogP contribution in [-0.4, -0.2) is 18.1 Å². The molecule has 0 radical (unpaired) electrons. The van der Waals surface area contributed by atoms with Crippen molar-refractivity contribution in [3.63, 3.8) is 0 Å². The van der Waals surface area contributed by atoms with Gasteiger partial charge in [-0.2, -0.15) is 0 Å². The first kappa shape index (κ1) is 10.7. The number of hydrogen-bond acceptors (Lipinski definition) is 3.